The molecule has 2 amide bonds. The highest BCUT2D eigenvalue weighted by molar-refractivity contribution is 7.20. The van der Waals surface area contributed by atoms with Gasteiger partial charge < -0.3 is 19.9 Å². The zero-order chi connectivity index (χ0) is 23.6. The minimum absolute atomic E-state index is 0.268. The van der Waals surface area contributed by atoms with E-state index in [1.807, 2.05) is 11.0 Å². The molecule has 0 bridgehead atoms. The fourth-order valence-electron chi connectivity index (χ4n) is 3.51. The summed E-state index contributed by atoms with van der Waals surface area (Å²) < 4.78 is 44.1. The van der Waals surface area contributed by atoms with Crippen molar-refractivity contribution in [2.75, 3.05) is 43.0 Å². The number of amides is 2. The summed E-state index contributed by atoms with van der Waals surface area (Å²) in [7, 11) is 0. The number of ether oxygens (including phenoxy) is 1. The molecule has 1 N–H and O–H groups in total. The van der Waals surface area contributed by atoms with Crippen LogP contribution < -0.4 is 10.2 Å². The van der Waals surface area contributed by atoms with E-state index < -0.39 is 11.7 Å². The first-order valence-corrected chi connectivity index (χ1v) is 11.1. The van der Waals surface area contributed by atoms with E-state index in [-0.39, 0.29) is 12.0 Å². The molecule has 3 aromatic rings. The molecule has 1 fully saturated rings. The van der Waals surface area contributed by atoms with E-state index >= 15 is 0 Å². The second kappa shape index (κ2) is 9.26. The molecule has 0 aliphatic carbocycles. The van der Waals surface area contributed by atoms with Gasteiger partial charge in [0.25, 0.3) is 0 Å². The van der Waals surface area contributed by atoms with E-state index in [0.29, 0.717) is 49.2 Å². The van der Waals surface area contributed by atoms with Gasteiger partial charge in [-0.25, -0.2) is 14.6 Å². The number of carbonyl (C=O) groups excluding carboxylic acids is 2. The van der Waals surface area contributed by atoms with Crippen molar-refractivity contribution in [3.63, 3.8) is 0 Å². The monoisotopic (exact) mass is 478 g/mol. The molecule has 174 valence electrons. The van der Waals surface area contributed by atoms with E-state index in [9.17, 15) is 22.8 Å². The van der Waals surface area contributed by atoms with E-state index in [2.05, 4.69) is 10.3 Å². The Morgan fingerprint density at radius 2 is 1.88 bits per heavy atom. The normalized spacial score (nSPS) is 14.4. The summed E-state index contributed by atoms with van der Waals surface area (Å²) in [5.74, 6) is 0.0769. The molecule has 3 heterocycles. The SMILES string of the molecule is CCOC(=O)c1cc2cc(NC(=O)N3CCN(c4ccc(C(F)(F)F)cn4)CC3)ccc2s1. The largest absolute Gasteiger partial charge is 0.462 e. The molecule has 0 spiro atoms. The number of nitrogens with one attached hydrogen (secondary N) is 1. The van der Waals surface area contributed by atoms with Crippen molar-refractivity contribution < 1.29 is 27.5 Å². The van der Waals surface area contributed by atoms with Crippen LogP contribution in [0.1, 0.15) is 22.2 Å². The number of hydrogen-bond donors (Lipinski definition) is 1. The number of halogens is 3. The molecule has 1 saturated heterocycles. The van der Waals surface area contributed by atoms with E-state index in [4.69, 9.17) is 4.74 Å². The van der Waals surface area contributed by atoms with Crippen LogP contribution in [0.3, 0.4) is 0 Å². The predicted molar refractivity (Wildman–Crippen MR) is 120 cm³/mol. The van der Waals surface area contributed by atoms with E-state index in [0.717, 1.165) is 22.3 Å². The molecule has 0 saturated carbocycles. The van der Waals surface area contributed by atoms with Gasteiger partial charge in [-0.3, -0.25) is 0 Å². The van der Waals surface area contributed by atoms with Gasteiger partial charge in [0.1, 0.15) is 10.7 Å². The number of urea groups is 1. The molecule has 0 radical (unpaired) electrons. The van der Waals surface area contributed by atoms with Gasteiger partial charge in [0.05, 0.1) is 12.2 Å². The Morgan fingerprint density at radius 1 is 1.12 bits per heavy atom. The number of carbonyl (C=O) groups is 2. The Balaban J connectivity index is 1.35. The summed E-state index contributed by atoms with van der Waals surface area (Å²) in [6.45, 7) is 3.77. The van der Waals surface area contributed by atoms with Crippen LogP contribution >= 0.6 is 11.3 Å². The third kappa shape index (κ3) is 5.19. The number of pyridine rings is 1. The number of fused-ring (bicyclic) bond motifs is 1. The smallest absolute Gasteiger partial charge is 0.417 e. The van der Waals surface area contributed by atoms with Crippen molar-refractivity contribution >= 4 is 44.9 Å². The molecule has 4 rings (SSSR count). The summed E-state index contributed by atoms with van der Waals surface area (Å²) >= 11 is 1.33. The zero-order valence-electron chi connectivity index (χ0n) is 17.7. The topological polar surface area (TPSA) is 74.8 Å². The third-order valence-electron chi connectivity index (χ3n) is 5.21. The number of piperazine rings is 1. The lowest BCUT2D eigenvalue weighted by Crippen LogP contribution is -2.50. The van der Waals surface area contributed by atoms with Gasteiger partial charge in [-0.2, -0.15) is 13.2 Å². The van der Waals surface area contributed by atoms with Crippen molar-refractivity contribution in [2.24, 2.45) is 0 Å². The first kappa shape index (κ1) is 22.8. The summed E-state index contributed by atoms with van der Waals surface area (Å²) in [5.41, 5.74) is -0.186. The Morgan fingerprint density at radius 3 is 2.52 bits per heavy atom. The molecule has 7 nitrogen and oxygen atoms in total. The predicted octanol–water partition coefficient (Wildman–Crippen LogP) is 4.85. The molecular weight excluding hydrogens is 457 g/mol. The lowest BCUT2D eigenvalue weighted by atomic mass is 10.2. The number of rotatable bonds is 4. The van der Waals surface area contributed by atoms with Gasteiger partial charge in [0.2, 0.25) is 0 Å². The van der Waals surface area contributed by atoms with Crippen LogP contribution in [0.5, 0.6) is 0 Å². The summed E-state index contributed by atoms with van der Waals surface area (Å²) in [4.78, 5) is 32.5. The number of esters is 1. The highest BCUT2D eigenvalue weighted by Crippen LogP contribution is 2.30. The number of nitrogens with zero attached hydrogens (tertiary/aromatic N) is 3. The van der Waals surface area contributed by atoms with Crippen molar-refractivity contribution in [3.05, 3.63) is 53.0 Å². The number of hydrogen-bond acceptors (Lipinski definition) is 6. The average Bonchev–Trinajstić information content (AvgIpc) is 3.22. The lowest BCUT2D eigenvalue weighted by Gasteiger charge is -2.35. The van der Waals surface area contributed by atoms with Crippen molar-refractivity contribution in [3.8, 4) is 0 Å². The fraction of sp³-hybridized carbons (Fsp3) is 0.318. The molecular formula is C22H21F3N4O3S. The zero-order valence-corrected chi connectivity index (χ0v) is 18.5. The Labute approximate surface area is 191 Å². The fourth-order valence-corrected chi connectivity index (χ4v) is 4.44. The van der Waals surface area contributed by atoms with Crippen molar-refractivity contribution in [2.45, 2.75) is 13.1 Å². The number of benzene rings is 1. The molecule has 1 aliphatic heterocycles. The van der Waals surface area contributed by atoms with Gasteiger partial charge >= 0.3 is 18.2 Å². The number of alkyl halides is 3. The van der Waals surface area contributed by atoms with Crippen molar-refractivity contribution in [1.29, 1.82) is 0 Å². The molecule has 2 aromatic heterocycles. The van der Waals surface area contributed by atoms with Crippen LogP contribution in [0, 0.1) is 0 Å². The molecule has 0 unspecified atom stereocenters. The molecule has 1 aliphatic rings. The second-order valence-corrected chi connectivity index (χ2v) is 8.47. The van der Waals surface area contributed by atoms with Crippen LogP contribution in [0.4, 0.5) is 29.5 Å². The first-order valence-electron chi connectivity index (χ1n) is 10.3. The number of thiophene rings is 1. The van der Waals surface area contributed by atoms with E-state index in [1.165, 1.54) is 17.4 Å². The van der Waals surface area contributed by atoms with E-state index in [1.54, 1.807) is 30.0 Å². The van der Waals surface area contributed by atoms with Gasteiger partial charge in [-0.15, -0.1) is 11.3 Å². The molecule has 0 atom stereocenters. The van der Waals surface area contributed by atoms with Gasteiger partial charge in [0.15, 0.2) is 0 Å². The van der Waals surface area contributed by atoms with Crippen LogP contribution in [-0.4, -0.2) is 54.7 Å². The maximum absolute atomic E-state index is 12.7. The second-order valence-electron chi connectivity index (χ2n) is 7.39. The van der Waals surface area contributed by atoms with Crippen LogP contribution in [0.15, 0.2) is 42.6 Å². The Kier molecular flexibility index (Phi) is 6.41. The summed E-state index contributed by atoms with van der Waals surface area (Å²) in [5, 5.41) is 3.69. The van der Waals surface area contributed by atoms with Crippen LogP contribution in [-0.2, 0) is 10.9 Å². The minimum atomic E-state index is -4.42. The molecule has 11 heteroatoms. The highest BCUT2D eigenvalue weighted by Gasteiger charge is 2.31. The average molecular weight is 478 g/mol. The van der Waals surface area contributed by atoms with Crippen LogP contribution in [0.2, 0.25) is 0 Å². The van der Waals surface area contributed by atoms with Gasteiger partial charge in [-0.05, 0) is 48.7 Å². The summed E-state index contributed by atoms with van der Waals surface area (Å²) in [6, 6.07) is 9.24. The quantitative estimate of drug-likeness (QED) is 0.543. The van der Waals surface area contributed by atoms with Crippen LogP contribution in [0.25, 0.3) is 10.1 Å². The molecule has 33 heavy (non-hydrogen) atoms. The van der Waals surface area contributed by atoms with Gasteiger partial charge in [-0.1, -0.05) is 0 Å². The highest BCUT2D eigenvalue weighted by atomic mass is 32.1. The first-order chi connectivity index (χ1) is 15.7. The standard InChI is InChI=1S/C22H21F3N4O3S/c1-2-32-20(30)18-12-14-11-16(4-5-17(14)33-18)27-21(31)29-9-7-28(8-10-29)19-6-3-15(13-26-19)22(23,24)25/h3-6,11-13H,2,7-10H2,1H3,(H,27,31). The lowest BCUT2D eigenvalue weighted by molar-refractivity contribution is -0.137. The minimum Gasteiger partial charge on any atom is -0.462 e. The molecule has 1 aromatic carbocycles. The maximum Gasteiger partial charge on any atom is 0.417 e. The summed E-state index contributed by atoms with van der Waals surface area (Å²) in [6.07, 6.45) is -3.60. The van der Waals surface area contributed by atoms with Gasteiger partial charge in [0, 0.05) is 42.8 Å². The Hall–Kier alpha value is -3.34. The maximum atomic E-state index is 12.7. The van der Waals surface area contributed by atoms with Crippen molar-refractivity contribution in [1.82, 2.24) is 9.88 Å². The number of anilines is 2. The Bertz CT molecular complexity index is 1160. The third-order valence-corrected chi connectivity index (χ3v) is 6.31. The number of aromatic nitrogens is 1.